The molecule has 0 unspecified atom stereocenters. The highest BCUT2D eigenvalue weighted by molar-refractivity contribution is 5.84. The first-order valence-electron chi connectivity index (χ1n) is 5.62. The van der Waals surface area contributed by atoms with Gasteiger partial charge in [0.2, 0.25) is 0 Å². The maximum Gasteiger partial charge on any atom is 0.378 e. The van der Waals surface area contributed by atoms with Crippen molar-refractivity contribution < 1.29 is 9.53 Å². The smallest absolute Gasteiger partial charge is 0.378 e. The van der Waals surface area contributed by atoms with Gasteiger partial charge >= 0.3 is 5.97 Å². The Bertz CT molecular complexity index is 524. The van der Waals surface area contributed by atoms with Crippen molar-refractivity contribution in [1.29, 1.82) is 0 Å². The largest absolute Gasteiger partial charge is 0.460 e. The summed E-state index contributed by atoms with van der Waals surface area (Å²) in [7, 11) is 0. The first kappa shape index (κ1) is 12.3. The molecular formula is C12H14N4O2. The number of carbonyl (C=O) groups is 1. The number of aromatic amines is 1. The van der Waals surface area contributed by atoms with Gasteiger partial charge in [-0.15, -0.1) is 5.10 Å². The third kappa shape index (κ3) is 2.54. The van der Waals surface area contributed by atoms with Gasteiger partial charge in [-0.2, -0.15) is 0 Å². The van der Waals surface area contributed by atoms with Gasteiger partial charge in [-0.05, 0) is 12.5 Å². The van der Waals surface area contributed by atoms with Gasteiger partial charge < -0.3 is 10.5 Å². The number of ether oxygens (including phenoxy) is 1. The van der Waals surface area contributed by atoms with Gasteiger partial charge in [0.15, 0.2) is 0 Å². The molecule has 2 rings (SSSR count). The molecule has 3 N–H and O–H groups in total. The molecule has 0 spiro atoms. The van der Waals surface area contributed by atoms with Crippen molar-refractivity contribution in [2.24, 2.45) is 5.73 Å². The number of nitrogens with one attached hydrogen (secondary N) is 1. The Labute approximate surface area is 104 Å². The Morgan fingerprint density at radius 2 is 2.17 bits per heavy atom. The average molecular weight is 246 g/mol. The van der Waals surface area contributed by atoms with Crippen molar-refractivity contribution in [3.63, 3.8) is 0 Å². The minimum absolute atomic E-state index is 0.00164. The average Bonchev–Trinajstić information content (AvgIpc) is 2.89. The standard InChI is InChI=1S/C12H14N4O2/c1-2-18-12(17)11-14-10(15-16-11)9(13)8-6-4-3-5-7-8/h3-7,9H,2,13H2,1H3,(H,14,15,16)/t9-/m1/s1. The lowest BCUT2D eigenvalue weighted by atomic mass is 10.1. The van der Waals surface area contributed by atoms with Gasteiger partial charge in [-0.25, -0.2) is 9.78 Å². The Kier molecular flexibility index (Phi) is 3.69. The molecule has 1 heterocycles. The zero-order chi connectivity index (χ0) is 13.0. The van der Waals surface area contributed by atoms with E-state index >= 15 is 0 Å². The second-order valence-electron chi connectivity index (χ2n) is 3.65. The molecule has 0 saturated carbocycles. The van der Waals surface area contributed by atoms with Crippen LogP contribution in [0, 0.1) is 0 Å². The predicted molar refractivity (Wildman–Crippen MR) is 64.8 cm³/mol. The van der Waals surface area contributed by atoms with Crippen molar-refractivity contribution in [2.75, 3.05) is 6.61 Å². The summed E-state index contributed by atoms with van der Waals surface area (Å²) in [6.45, 7) is 2.01. The van der Waals surface area contributed by atoms with Crippen LogP contribution in [0.5, 0.6) is 0 Å². The Balaban J connectivity index is 2.17. The normalized spacial score (nSPS) is 12.1. The van der Waals surface area contributed by atoms with Crippen molar-refractivity contribution in [3.8, 4) is 0 Å². The van der Waals surface area contributed by atoms with Crippen molar-refractivity contribution in [3.05, 3.63) is 47.5 Å². The predicted octanol–water partition coefficient (Wildman–Crippen LogP) is 1.03. The Hall–Kier alpha value is -2.21. The highest BCUT2D eigenvalue weighted by Crippen LogP contribution is 2.15. The minimum Gasteiger partial charge on any atom is -0.460 e. The molecule has 6 heteroatoms. The summed E-state index contributed by atoms with van der Waals surface area (Å²) in [6.07, 6.45) is 0. The lowest BCUT2D eigenvalue weighted by Gasteiger charge is -2.07. The summed E-state index contributed by atoms with van der Waals surface area (Å²) >= 11 is 0. The number of carbonyl (C=O) groups excluding carboxylic acids is 1. The number of nitrogens with zero attached hydrogens (tertiary/aromatic N) is 2. The fraction of sp³-hybridized carbons (Fsp3) is 0.250. The van der Waals surface area contributed by atoms with Crippen molar-refractivity contribution in [2.45, 2.75) is 13.0 Å². The van der Waals surface area contributed by atoms with Crippen LogP contribution in [0.25, 0.3) is 0 Å². The first-order valence-corrected chi connectivity index (χ1v) is 5.62. The third-order valence-electron chi connectivity index (χ3n) is 2.41. The fourth-order valence-electron chi connectivity index (χ4n) is 1.52. The monoisotopic (exact) mass is 246 g/mol. The molecule has 0 aliphatic carbocycles. The van der Waals surface area contributed by atoms with E-state index in [4.69, 9.17) is 10.5 Å². The van der Waals surface area contributed by atoms with Crippen molar-refractivity contribution in [1.82, 2.24) is 15.2 Å². The summed E-state index contributed by atoms with van der Waals surface area (Å²) in [4.78, 5) is 15.4. The van der Waals surface area contributed by atoms with E-state index in [1.54, 1.807) is 6.92 Å². The second kappa shape index (κ2) is 5.42. The van der Waals surface area contributed by atoms with Crippen LogP contribution in [-0.4, -0.2) is 27.8 Å². The summed E-state index contributed by atoms with van der Waals surface area (Å²) in [6, 6.07) is 9.01. The zero-order valence-electron chi connectivity index (χ0n) is 9.96. The van der Waals surface area contributed by atoms with Crippen LogP contribution in [-0.2, 0) is 4.74 Å². The molecule has 1 atom stereocenters. The van der Waals surface area contributed by atoms with E-state index in [0.717, 1.165) is 5.56 Å². The maximum atomic E-state index is 11.4. The number of esters is 1. The Morgan fingerprint density at radius 3 is 2.83 bits per heavy atom. The van der Waals surface area contributed by atoms with E-state index in [-0.39, 0.29) is 12.4 Å². The van der Waals surface area contributed by atoms with Gasteiger partial charge in [-0.1, -0.05) is 30.3 Å². The van der Waals surface area contributed by atoms with Gasteiger partial charge in [0.05, 0.1) is 12.6 Å². The zero-order valence-corrected chi connectivity index (χ0v) is 9.96. The summed E-state index contributed by atoms with van der Waals surface area (Å²) < 4.78 is 4.80. The van der Waals surface area contributed by atoms with E-state index in [1.165, 1.54) is 0 Å². The van der Waals surface area contributed by atoms with E-state index in [2.05, 4.69) is 15.2 Å². The second-order valence-corrected chi connectivity index (χ2v) is 3.65. The molecule has 0 radical (unpaired) electrons. The number of rotatable bonds is 4. The quantitative estimate of drug-likeness (QED) is 0.786. The summed E-state index contributed by atoms with van der Waals surface area (Å²) in [5.41, 5.74) is 6.91. The number of benzene rings is 1. The SMILES string of the molecule is CCOC(=O)c1n[nH]c([C@H](N)c2ccccc2)n1. The third-order valence-corrected chi connectivity index (χ3v) is 2.41. The van der Waals surface area contributed by atoms with Crippen LogP contribution in [0.3, 0.4) is 0 Å². The molecule has 18 heavy (non-hydrogen) atoms. The van der Waals surface area contributed by atoms with Crippen molar-refractivity contribution >= 4 is 5.97 Å². The molecule has 94 valence electrons. The molecule has 6 nitrogen and oxygen atoms in total. The van der Waals surface area contributed by atoms with E-state index in [0.29, 0.717) is 5.82 Å². The van der Waals surface area contributed by atoms with Gasteiger partial charge in [0, 0.05) is 0 Å². The lowest BCUT2D eigenvalue weighted by molar-refractivity contribution is 0.0512. The van der Waals surface area contributed by atoms with Crippen LogP contribution < -0.4 is 5.73 Å². The number of hydrogen-bond donors (Lipinski definition) is 2. The number of H-pyrrole nitrogens is 1. The molecule has 1 aromatic heterocycles. The van der Waals surface area contributed by atoms with Gasteiger partial charge in [0.25, 0.3) is 5.82 Å². The van der Waals surface area contributed by atoms with E-state index in [1.807, 2.05) is 30.3 Å². The molecule has 0 fully saturated rings. The number of nitrogens with two attached hydrogens (primary N) is 1. The number of aromatic nitrogens is 3. The summed E-state index contributed by atoms with van der Waals surface area (Å²) in [5, 5.41) is 6.45. The molecule has 0 aliphatic heterocycles. The number of hydrogen-bond acceptors (Lipinski definition) is 5. The molecule has 0 bridgehead atoms. The molecule has 0 saturated heterocycles. The van der Waals surface area contributed by atoms with E-state index < -0.39 is 12.0 Å². The Morgan fingerprint density at radius 1 is 1.44 bits per heavy atom. The highest BCUT2D eigenvalue weighted by atomic mass is 16.5. The van der Waals surface area contributed by atoms with Crippen LogP contribution in [0.2, 0.25) is 0 Å². The fourth-order valence-corrected chi connectivity index (χ4v) is 1.52. The van der Waals surface area contributed by atoms with Gasteiger partial charge in [0.1, 0.15) is 5.82 Å². The highest BCUT2D eigenvalue weighted by Gasteiger charge is 2.18. The van der Waals surface area contributed by atoms with Crippen LogP contribution in [0.15, 0.2) is 30.3 Å². The molecule has 2 aromatic rings. The maximum absolute atomic E-state index is 11.4. The molecule has 0 aliphatic rings. The van der Waals surface area contributed by atoms with Crippen LogP contribution in [0.1, 0.15) is 35.0 Å². The van der Waals surface area contributed by atoms with Crippen LogP contribution >= 0.6 is 0 Å². The molecular weight excluding hydrogens is 232 g/mol. The van der Waals surface area contributed by atoms with Crippen LogP contribution in [0.4, 0.5) is 0 Å². The van der Waals surface area contributed by atoms with Gasteiger partial charge in [-0.3, -0.25) is 5.10 Å². The summed E-state index contributed by atoms with van der Waals surface area (Å²) in [5.74, 6) is -0.122. The first-order chi connectivity index (χ1) is 8.72. The minimum atomic E-state index is -0.555. The molecule has 0 amide bonds. The topological polar surface area (TPSA) is 93.9 Å². The lowest BCUT2D eigenvalue weighted by Crippen LogP contribution is -2.14. The molecule has 1 aromatic carbocycles. The van der Waals surface area contributed by atoms with E-state index in [9.17, 15) is 4.79 Å².